The summed E-state index contributed by atoms with van der Waals surface area (Å²) in [6, 6.07) is 8.02. The molecule has 8 nitrogen and oxygen atoms in total. The van der Waals surface area contributed by atoms with E-state index in [9.17, 15) is 9.59 Å². The molecular weight excluding hydrogens is 464 g/mol. The van der Waals surface area contributed by atoms with E-state index in [0.29, 0.717) is 31.3 Å². The maximum Gasteiger partial charge on any atom is 0.410 e. The van der Waals surface area contributed by atoms with Crippen LogP contribution >= 0.6 is 11.3 Å². The summed E-state index contributed by atoms with van der Waals surface area (Å²) in [6.45, 7) is 14.6. The number of ether oxygens (including phenoxy) is 2. The Kier molecular flexibility index (Phi) is 8.43. The largest absolute Gasteiger partial charge is 0.497 e. The topological polar surface area (TPSA) is 84.0 Å². The number of nitrogens with one attached hydrogen (secondary N) is 1. The van der Waals surface area contributed by atoms with Crippen LogP contribution in [0.3, 0.4) is 0 Å². The molecule has 0 unspecified atom stereocenters. The number of benzene rings is 1. The lowest BCUT2D eigenvalue weighted by molar-refractivity contribution is -0.117. The Balaban J connectivity index is 1.58. The van der Waals surface area contributed by atoms with Crippen LogP contribution in [0.2, 0.25) is 0 Å². The van der Waals surface area contributed by atoms with Gasteiger partial charge in [0.25, 0.3) is 0 Å². The Morgan fingerprint density at radius 2 is 1.66 bits per heavy atom. The van der Waals surface area contributed by atoms with Crippen molar-refractivity contribution in [2.45, 2.75) is 59.0 Å². The van der Waals surface area contributed by atoms with Gasteiger partial charge in [-0.05, 0) is 38.5 Å². The minimum Gasteiger partial charge on any atom is -0.497 e. The quantitative estimate of drug-likeness (QED) is 0.625. The first-order chi connectivity index (χ1) is 16.3. The molecule has 1 fully saturated rings. The molecular formula is C26H38N4O4S. The standard InChI is InChI=1S/C26H38N4O4S/c1-25(2,3)22-20(16-18-8-10-19(33-7)11-9-18)35-23(28-22)27-21(31)17-29-12-14-30(15-13-29)24(32)34-26(4,5)6/h8-11H,12-17H2,1-7H3,(H,27,28,31). The number of carbonyl (C=O) groups is 2. The van der Waals surface area contributed by atoms with Crippen molar-refractivity contribution in [3.05, 3.63) is 40.4 Å². The van der Waals surface area contributed by atoms with Gasteiger partial charge in [0.15, 0.2) is 5.13 Å². The first-order valence-electron chi connectivity index (χ1n) is 12.0. The Hall–Kier alpha value is -2.65. The SMILES string of the molecule is COc1ccc(Cc2sc(NC(=O)CN3CCN(C(=O)OC(C)(C)C)CC3)nc2C(C)(C)C)cc1. The molecule has 1 N–H and O–H groups in total. The first-order valence-corrected chi connectivity index (χ1v) is 12.8. The van der Waals surface area contributed by atoms with Crippen molar-refractivity contribution < 1.29 is 19.1 Å². The lowest BCUT2D eigenvalue weighted by Gasteiger charge is -2.35. The summed E-state index contributed by atoms with van der Waals surface area (Å²) >= 11 is 1.53. The van der Waals surface area contributed by atoms with Crippen LogP contribution in [0.4, 0.5) is 9.93 Å². The smallest absolute Gasteiger partial charge is 0.410 e. The third-order valence-electron chi connectivity index (χ3n) is 5.57. The second-order valence-corrected chi connectivity index (χ2v) is 11.9. The highest BCUT2D eigenvalue weighted by atomic mass is 32.1. The fourth-order valence-corrected chi connectivity index (χ4v) is 5.04. The van der Waals surface area contributed by atoms with Crippen molar-refractivity contribution in [1.82, 2.24) is 14.8 Å². The summed E-state index contributed by atoms with van der Waals surface area (Å²) in [6.07, 6.45) is 0.444. The van der Waals surface area contributed by atoms with Gasteiger partial charge < -0.3 is 19.7 Å². The number of aromatic nitrogens is 1. The molecule has 0 radical (unpaired) electrons. The number of carbonyl (C=O) groups excluding carboxylic acids is 2. The van der Waals surface area contributed by atoms with Gasteiger partial charge in [-0.2, -0.15) is 0 Å². The summed E-state index contributed by atoms with van der Waals surface area (Å²) in [4.78, 5) is 34.7. The summed E-state index contributed by atoms with van der Waals surface area (Å²) in [5, 5.41) is 3.61. The van der Waals surface area contributed by atoms with Crippen LogP contribution in [0.15, 0.2) is 24.3 Å². The maximum absolute atomic E-state index is 12.8. The molecule has 0 atom stereocenters. The Morgan fingerprint density at radius 1 is 1.03 bits per heavy atom. The molecule has 0 aliphatic carbocycles. The third kappa shape index (κ3) is 7.93. The number of nitrogens with zero attached hydrogens (tertiary/aromatic N) is 3. The molecule has 9 heteroatoms. The molecule has 2 amide bonds. The van der Waals surface area contributed by atoms with Crippen LogP contribution in [0.1, 0.15) is 57.7 Å². The molecule has 1 saturated heterocycles. The van der Waals surface area contributed by atoms with Crippen molar-refractivity contribution >= 4 is 28.5 Å². The molecule has 0 spiro atoms. The maximum atomic E-state index is 12.8. The van der Waals surface area contributed by atoms with E-state index in [-0.39, 0.29) is 24.0 Å². The molecule has 192 valence electrons. The van der Waals surface area contributed by atoms with Gasteiger partial charge in [-0.15, -0.1) is 11.3 Å². The zero-order valence-electron chi connectivity index (χ0n) is 21.9. The highest BCUT2D eigenvalue weighted by Crippen LogP contribution is 2.34. The minimum atomic E-state index is -0.514. The first kappa shape index (κ1) is 26.9. The van der Waals surface area contributed by atoms with Crippen molar-refractivity contribution in [3.8, 4) is 5.75 Å². The number of hydrogen-bond donors (Lipinski definition) is 1. The van der Waals surface area contributed by atoms with Gasteiger partial charge in [-0.1, -0.05) is 32.9 Å². The molecule has 35 heavy (non-hydrogen) atoms. The van der Waals surface area contributed by atoms with Gasteiger partial charge in [0.05, 0.1) is 19.3 Å². The van der Waals surface area contributed by atoms with Crippen LogP contribution in [-0.4, -0.2) is 72.2 Å². The van der Waals surface area contributed by atoms with Gasteiger partial charge in [0, 0.05) is 42.9 Å². The molecule has 1 aliphatic heterocycles. The summed E-state index contributed by atoms with van der Waals surface area (Å²) in [5.74, 6) is 0.731. The normalized spacial score (nSPS) is 15.1. The zero-order chi connectivity index (χ0) is 25.8. The molecule has 0 saturated carbocycles. The van der Waals surface area contributed by atoms with Crippen LogP contribution < -0.4 is 10.1 Å². The van der Waals surface area contributed by atoms with Crippen molar-refractivity contribution in [1.29, 1.82) is 0 Å². The third-order valence-corrected chi connectivity index (χ3v) is 6.54. The monoisotopic (exact) mass is 502 g/mol. The van der Waals surface area contributed by atoms with Crippen molar-refractivity contribution in [2.24, 2.45) is 0 Å². The van der Waals surface area contributed by atoms with E-state index in [4.69, 9.17) is 14.5 Å². The average molecular weight is 503 g/mol. The number of amides is 2. The second kappa shape index (κ2) is 11.0. The molecule has 3 rings (SSSR count). The van der Waals surface area contributed by atoms with Gasteiger partial charge >= 0.3 is 6.09 Å². The number of piperazine rings is 1. The average Bonchev–Trinajstić information content (AvgIpc) is 3.16. The van der Waals surface area contributed by atoms with E-state index in [1.54, 1.807) is 12.0 Å². The fraction of sp³-hybridized carbons (Fsp3) is 0.577. The van der Waals surface area contributed by atoms with Crippen molar-refractivity contribution in [3.63, 3.8) is 0 Å². The number of thiazole rings is 1. The van der Waals surface area contributed by atoms with Crippen LogP contribution in [0.5, 0.6) is 5.75 Å². The highest BCUT2D eigenvalue weighted by molar-refractivity contribution is 7.15. The summed E-state index contributed by atoms with van der Waals surface area (Å²) in [5.41, 5.74) is 1.51. The molecule has 2 aromatic rings. The molecule has 1 aromatic heterocycles. The van der Waals surface area contributed by atoms with Crippen LogP contribution in [-0.2, 0) is 21.4 Å². The van der Waals surface area contributed by atoms with Crippen molar-refractivity contribution in [2.75, 3.05) is 45.2 Å². The number of rotatable bonds is 6. The summed E-state index contributed by atoms with van der Waals surface area (Å²) < 4.78 is 10.7. The molecule has 1 aliphatic rings. The molecule has 0 bridgehead atoms. The number of hydrogen-bond acceptors (Lipinski definition) is 7. The predicted octanol–water partition coefficient (Wildman–Crippen LogP) is 4.53. The summed E-state index contributed by atoms with van der Waals surface area (Å²) in [7, 11) is 1.66. The van der Waals surface area contributed by atoms with Crippen LogP contribution in [0, 0.1) is 0 Å². The highest BCUT2D eigenvalue weighted by Gasteiger charge is 2.27. The fourth-order valence-electron chi connectivity index (χ4n) is 3.82. The Bertz CT molecular complexity index is 1010. The molecule has 1 aromatic carbocycles. The Labute approximate surface area is 212 Å². The van der Waals surface area contributed by atoms with E-state index in [1.165, 1.54) is 16.9 Å². The van der Waals surface area contributed by atoms with Gasteiger partial charge in [0.2, 0.25) is 5.91 Å². The van der Waals surface area contributed by atoms with E-state index in [0.717, 1.165) is 22.7 Å². The van der Waals surface area contributed by atoms with Gasteiger partial charge in [0.1, 0.15) is 11.4 Å². The lowest BCUT2D eigenvalue weighted by atomic mass is 9.90. The van der Waals surface area contributed by atoms with E-state index < -0.39 is 5.60 Å². The molecule has 2 heterocycles. The van der Waals surface area contributed by atoms with E-state index in [1.807, 2.05) is 37.8 Å². The van der Waals surface area contributed by atoms with Gasteiger partial charge in [-0.25, -0.2) is 9.78 Å². The number of methoxy groups -OCH3 is 1. The lowest BCUT2D eigenvalue weighted by Crippen LogP contribution is -2.51. The zero-order valence-corrected chi connectivity index (χ0v) is 22.8. The van der Waals surface area contributed by atoms with E-state index in [2.05, 4.69) is 38.2 Å². The second-order valence-electron chi connectivity index (χ2n) is 10.9. The Morgan fingerprint density at radius 3 is 2.20 bits per heavy atom. The minimum absolute atomic E-state index is 0.0964. The predicted molar refractivity (Wildman–Crippen MR) is 139 cm³/mol. The van der Waals surface area contributed by atoms with Crippen LogP contribution in [0.25, 0.3) is 0 Å². The van der Waals surface area contributed by atoms with E-state index >= 15 is 0 Å². The number of anilines is 1. The van der Waals surface area contributed by atoms with Gasteiger partial charge in [-0.3, -0.25) is 9.69 Å².